The van der Waals surface area contributed by atoms with Gasteiger partial charge in [0.05, 0.1) is 27.6 Å². The van der Waals surface area contributed by atoms with Gasteiger partial charge < -0.3 is 8.97 Å². The Labute approximate surface area is 332 Å². The van der Waals surface area contributed by atoms with Crippen molar-refractivity contribution in [3.05, 3.63) is 188 Å². The van der Waals surface area contributed by atoms with Gasteiger partial charge in [-0.2, -0.15) is 0 Å². The first-order valence-corrected chi connectivity index (χ1v) is 19.7. The molecule has 5 nitrogen and oxygen atoms in total. The minimum Gasteiger partial charge on any atom is -0.309 e. The SMILES string of the molecule is c1ccc(-c2nc(-c3ccccc3)nc(-c3cccc(-n4c5ccccc5c5c4c4ccccc4c4c6cccc7c8cc9ccccc9cc8n(c76)c45)c3)n2)cc1. The summed E-state index contributed by atoms with van der Waals surface area (Å²) in [6, 6.07) is 67.1. The van der Waals surface area contributed by atoms with Crippen molar-refractivity contribution in [2.24, 2.45) is 0 Å². The van der Waals surface area contributed by atoms with Crippen molar-refractivity contribution in [1.82, 2.24) is 23.9 Å². The molecule has 4 heterocycles. The highest BCUT2D eigenvalue weighted by molar-refractivity contribution is 6.39. The lowest BCUT2D eigenvalue weighted by atomic mass is 9.98. The average molecular weight is 738 g/mol. The van der Waals surface area contributed by atoms with E-state index in [1.165, 1.54) is 75.9 Å². The van der Waals surface area contributed by atoms with Crippen molar-refractivity contribution in [2.45, 2.75) is 0 Å². The minimum atomic E-state index is 0.630. The third-order valence-corrected chi connectivity index (χ3v) is 12.0. The molecule has 0 bridgehead atoms. The van der Waals surface area contributed by atoms with Crippen LogP contribution in [0.3, 0.4) is 0 Å². The van der Waals surface area contributed by atoms with E-state index in [0.717, 1.165) is 27.9 Å². The molecule has 0 aliphatic rings. The molecule has 0 aliphatic heterocycles. The van der Waals surface area contributed by atoms with Gasteiger partial charge in [0.1, 0.15) is 0 Å². The van der Waals surface area contributed by atoms with Crippen molar-refractivity contribution >= 4 is 81.4 Å². The van der Waals surface area contributed by atoms with Crippen LogP contribution in [-0.2, 0) is 0 Å². The summed E-state index contributed by atoms with van der Waals surface area (Å²) in [7, 11) is 0. The van der Waals surface area contributed by atoms with E-state index < -0.39 is 0 Å². The van der Waals surface area contributed by atoms with Gasteiger partial charge in [0, 0.05) is 60.1 Å². The predicted octanol–water partition coefficient (Wildman–Crippen LogP) is 13.4. The lowest BCUT2D eigenvalue weighted by Gasteiger charge is -2.13. The normalized spacial score (nSPS) is 12.1. The Hall–Kier alpha value is -7.89. The molecule has 13 rings (SSSR count). The van der Waals surface area contributed by atoms with Gasteiger partial charge in [-0.05, 0) is 46.5 Å². The molecule has 0 saturated heterocycles. The molecule has 0 N–H and O–H groups in total. The number of hydrogen-bond donors (Lipinski definition) is 0. The largest absolute Gasteiger partial charge is 0.309 e. The Balaban J connectivity index is 1.15. The Morgan fingerprint density at radius 1 is 0.310 bits per heavy atom. The summed E-state index contributed by atoms with van der Waals surface area (Å²) in [6.07, 6.45) is 0. The van der Waals surface area contributed by atoms with Crippen LogP contribution in [0, 0.1) is 0 Å². The number of para-hydroxylation sites is 2. The molecule has 0 spiro atoms. The average Bonchev–Trinajstić information content (AvgIpc) is 3.94. The fourth-order valence-corrected chi connectivity index (χ4v) is 9.57. The molecule has 58 heavy (non-hydrogen) atoms. The van der Waals surface area contributed by atoms with Crippen molar-refractivity contribution in [3.63, 3.8) is 0 Å². The van der Waals surface area contributed by atoms with Gasteiger partial charge in [-0.1, -0.05) is 158 Å². The molecule has 0 saturated carbocycles. The molecule has 0 amide bonds. The molecule has 4 aromatic heterocycles. The molecule has 268 valence electrons. The molecule has 0 fully saturated rings. The lowest BCUT2D eigenvalue weighted by molar-refractivity contribution is 1.07. The van der Waals surface area contributed by atoms with Crippen LogP contribution in [0.4, 0.5) is 0 Å². The van der Waals surface area contributed by atoms with E-state index in [1.807, 2.05) is 36.4 Å². The minimum absolute atomic E-state index is 0.630. The maximum absolute atomic E-state index is 5.10. The topological polar surface area (TPSA) is 48.0 Å². The summed E-state index contributed by atoms with van der Waals surface area (Å²) >= 11 is 0. The highest BCUT2D eigenvalue weighted by atomic mass is 15.0. The highest BCUT2D eigenvalue weighted by Crippen LogP contribution is 2.49. The smallest absolute Gasteiger partial charge is 0.164 e. The summed E-state index contributed by atoms with van der Waals surface area (Å²) in [6.45, 7) is 0. The fraction of sp³-hybridized carbons (Fsp3) is 0. The quantitative estimate of drug-likeness (QED) is 0.181. The summed E-state index contributed by atoms with van der Waals surface area (Å²) < 4.78 is 5.01. The number of benzene rings is 9. The molecule has 0 atom stereocenters. The maximum atomic E-state index is 5.10. The Kier molecular flexibility index (Phi) is 6.38. The van der Waals surface area contributed by atoms with Gasteiger partial charge in [0.25, 0.3) is 0 Å². The van der Waals surface area contributed by atoms with Crippen molar-refractivity contribution in [1.29, 1.82) is 0 Å². The molecule has 13 aromatic rings. The van der Waals surface area contributed by atoms with Crippen LogP contribution in [0.2, 0.25) is 0 Å². The van der Waals surface area contributed by atoms with Gasteiger partial charge in [-0.25, -0.2) is 15.0 Å². The second-order valence-electron chi connectivity index (χ2n) is 15.2. The van der Waals surface area contributed by atoms with Crippen LogP contribution >= 0.6 is 0 Å². The first-order chi connectivity index (χ1) is 28.8. The number of aromatic nitrogens is 5. The zero-order valence-electron chi connectivity index (χ0n) is 31.1. The van der Waals surface area contributed by atoms with E-state index in [0.29, 0.717) is 17.5 Å². The zero-order valence-corrected chi connectivity index (χ0v) is 31.1. The molecule has 0 unspecified atom stereocenters. The summed E-state index contributed by atoms with van der Waals surface area (Å²) in [5.41, 5.74) is 9.93. The zero-order chi connectivity index (χ0) is 37.9. The summed E-state index contributed by atoms with van der Waals surface area (Å²) in [4.78, 5) is 15.2. The van der Waals surface area contributed by atoms with E-state index in [-0.39, 0.29) is 0 Å². The highest BCUT2D eigenvalue weighted by Gasteiger charge is 2.26. The Morgan fingerprint density at radius 3 is 1.59 bits per heavy atom. The van der Waals surface area contributed by atoms with Crippen LogP contribution in [0.25, 0.3) is 121 Å². The number of fused-ring (bicyclic) bond motifs is 14. The van der Waals surface area contributed by atoms with E-state index in [2.05, 4.69) is 161 Å². The molecular formula is C53H31N5. The van der Waals surface area contributed by atoms with Crippen molar-refractivity contribution in [3.8, 4) is 39.9 Å². The first-order valence-electron chi connectivity index (χ1n) is 19.7. The monoisotopic (exact) mass is 737 g/mol. The molecule has 5 heteroatoms. The van der Waals surface area contributed by atoms with Crippen molar-refractivity contribution in [2.75, 3.05) is 0 Å². The number of hydrogen-bond acceptors (Lipinski definition) is 3. The van der Waals surface area contributed by atoms with Gasteiger partial charge >= 0.3 is 0 Å². The van der Waals surface area contributed by atoms with Gasteiger partial charge in [-0.3, -0.25) is 0 Å². The lowest BCUT2D eigenvalue weighted by Crippen LogP contribution is -2.01. The van der Waals surface area contributed by atoms with Crippen LogP contribution in [-0.4, -0.2) is 23.9 Å². The Bertz CT molecular complexity index is 3730. The second-order valence-corrected chi connectivity index (χ2v) is 15.2. The first kappa shape index (κ1) is 31.3. The third-order valence-electron chi connectivity index (χ3n) is 12.0. The van der Waals surface area contributed by atoms with E-state index in [1.54, 1.807) is 0 Å². The molecule has 0 aliphatic carbocycles. The maximum Gasteiger partial charge on any atom is 0.164 e. The van der Waals surface area contributed by atoms with Crippen LogP contribution < -0.4 is 0 Å². The summed E-state index contributed by atoms with van der Waals surface area (Å²) in [5, 5.41) is 12.6. The van der Waals surface area contributed by atoms with Crippen LogP contribution in [0.5, 0.6) is 0 Å². The second kappa shape index (κ2) is 11.8. The number of nitrogens with zero attached hydrogens (tertiary/aromatic N) is 5. The van der Waals surface area contributed by atoms with Gasteiger partial charge in [0.15, 0.2) is 17.5 Å². The predicted molar refractivity (Wildman–Crippen MR) is 240 cm³/mol. The van der Waals surface area contributed by atoms with Gasteiger partial charge in [-0.15, -0.1) is 0 Å². The van der Waals surface area contributed by atoms with E-state index in [4.69, 9.17) is 15.0 Å². The fourth-order valence-electron chi connectivity index (χ4n) is 9.57. The number of rotatable bonds is 4. The summed E-state index contributed by atoms with van der Waals surface area (Å²) in [5.74, 6) is 1.92. The standard InChI is InChI=1S/C53H31N5/c1-3-15-32(16-4-1)51-54-52(33-17-5-2-6-18-33)56-53(55-51)36-21-13-22-37(29-36)57-44-28-12-11-25-41(44)47-49(57)39-24-10-9-23-38(39)46-42-27-14-26-40-43-30-34-19-7-8-20-35(34)31-45(43)58(48(40)42)50(46)47/h1-31H. The molecular weight excluding hydrogens is 707 g/mol. The van der Waals surface area contributed by atoms with E-state index >= 15 is 0 Å². The van der Waals surface area contributed by atoms with Crippen LogP contribution in [0.15, 0.2) is 188 Å². The molecule has 9 aromatic carbocycles. The third kappa shape index (κ3) is 4.33. The molecule has 0 radical (unpaired) electrons. The van der Waals surface area contributed by atoms with E-state index in [9.17, 15) is 0 Å². The van der Waals surface area contributed by atoms with Crippen LogP contribution in [0.1, 0.15) is 0 Å². The Morgan fingerprint density at radius 2 is 0.845 bits per heavy atom. The van der Waals surface area contributed by atoms with Crippen molar-refractivity contribution < 1.29 is 0 Å². The van der Waals surface area contributed by atoms with Gasteiger partial charge in [0.2, 0.25) is 0 Å².